The van der Waals surface area contributed by atoms with Crippen molar-refractivity contribution in [2.45, 2.75) is 52.0 Å². The molecule has 0 aromatic heterocycles. The third-order valence-corrected chi connectivity index (χ3v) is 3.25. The lowest BCUT2D eigenvalue weighted by atomic mass is 9.83. The Labute approximate surface area is 97.0 Å². The molecule has 16 heavy (non-hydrogen) atoms. The van der Waals surface area contributed by atoms with E-state index in [4.69, 9.17) is 5.73 Å². The van der Waals surface area contributed by atoms with Crippen molar-refractivity contribution in [2.24, 2.45) is 17.6 Å². The molecule has 0 bridgehead atoms. The Morgan fingerprint density at radius 3 is 2.19 bits per heavy atom. The Morgan fingerprint density at radius 2 is 1.75 bits per heavy atom. The van der Waals surface area contributed by atoms with Crippen LogP contribution in [0.3, 0.4) is 0 Å². The minimum atomic E-state index is -0.477. The maximum atomic E-state index is 11.6. The summed E-state index contributed by atoms with van der Waals surface area (Å²) < 4.78 is 0. The Kier molecular flexibility index (Phi) is 4.77. The highest BCUT2D eigenvalue weighted by atomic mass is 16.2. The number of amides is 2. The lowest BCUT2D eigenvalue weighted by molar-refractivity contribution is -0.130. The molecule has 0 spiro atoms. The van der Waals surface area contributed by atoms with E-state index >= 15 is 0 Å². The second kappa shape index (κ2) is 5.87. The number of carbonyl (C=O) groups excluding carboxylic acids is 2. The molecule has 3 N–H and O–H groups in total. The van der Waals surface area contributed by atoms with Gasteiger partial charge in [-0.1, -0.05) is 33.1 Å². The van der Waals surface area contributed by atoms with Crippen LogP contribution in [-0.4, -0.2) is 17.9 Å². The second-order valence-electron chi connectivity index (χ2n) is 4.94. The minimum absolute atomic E-state index is 0.0885. The van der Waals surface area contributed by atoms with Gasteiger partial charge in [-0.05, 0) is 18.8 Å². The summed E-state index contributed by atoms with van der Waals surface area (Å²) in [7, 11) is 0. The van der Waals surface area contributed by atoms with Gasteiger partial charge in [0.15, 0.2) is 0 Å². The lowest BCUT2D eigenvalue weighted by Gasteiger charge is -2.29. The molecular formula is C12H22N2O2. The normalized spacial score (nSPS) is 19.4. The number of hydrogen-bond donors (Lipinski definition) is 2. The van der Waals surface area contributed by atoms with Crippen molar-refractivity contribution in [1.82, 2.24) is 5.32 Å². The van der Waals surface area contributed by atoms with E-state index in [-0.39, 0.29) is 17.7 Å². The molecule has 0 unspecified atom stereocenters. The van der Waals surface area contributed by atoms with Crippen molar-refractivity contribution in [2.75, 3.05) is 0 Å². The van der Waals surface area contributed by atoms with Gasteiger partial charge in [0, 0.05) is 5.92 Å². The van der Waals surface area contributed by atoms with Crippen LogP contribution in [-0.2, 0) is 9.59 Å². The molecule has 0 saturated heterocycles. The molecule has 0 heterocycles. The van der Waals surface area contributed by atoms with Gasteiger partial charge in [0.25, 0.3) is 0 Å². The molecule has 0 radical (unpaired) electrons. The molecule has 1 rings (SSSR count). The Hall–Kier alpha value is -1.06. The molecule has 1 atom stereocenters. The summed E-state index contributed by atoms with van der Waals surface area (Å²) in [4.78, 5) is 22.9. The predicted molar refractivity (Wildman–Crippen MR) is 62.5 cm³/mol. The van der Waals surface area contributed by atoms with Gasteiger partial charge in [0.1, 0.15) is 6.04 Å². The highest BCUT2D eigenvalue weighted by molar-refractivity contribution is 5.87. The van der Waals surface area contributed by atoms with E-state index < -0.39 is 11.9 Å². The van der Waals surface area contributed by atoms with E-state index in [1.54, 1.807) is 0 Å². The molecule has 0 aliphatic heterocycles. The van der Waals surface area contributed by atoms with E-state index in [0.29, 0.717) is 0 Å². The van der Waals surface area contributed by atoms with Crippen LogP contribution in [0.25, 0.3) is 0 Å². The molecule has 4 nitrogen and oxygen atoms in total. The zero-order valence-corrected chi connectivity index (χ0v) is 10.2. The van der Waals surface area contributed by atoms with Crippen molar-refractivity contribution in [1.29, 1.82) is 0 Å². The Bertz CT molecular complexity index is 258. The van der Waals surface area contributed by atoms with Crippen LogP contribution in [0.15, 0.2) is 0 Å². The summed E-state index contributed by atoms with van der Waals surface area (Å²) in [5, 5.41) is 2.77. The molecule has 4 heteroatoms. The molecule has 1 fully saturated rings. The monoisotopic (exact) mass is 226 g/mol. The highest BCUT2D eigenvalue weighted by Crippen LogP contribution is 2.26. The van der Waals surface area contributed by atoms with Crippen LogP contribution < -0.4 is 11.1 Å². The summed E-state index contributed by atoms with van der Waals surface area (Å²) in [5.41, 5.74) is 5.36. The maximum Gasteiger partial charge on any atom is 0.240 e. The van der Waals surface area contributed by atoms with Crippen molar-refractivity contribution in [3.8, 4) is 0 Å². The van der Waals surface area contributed by atoms with E-state index in [2.05, 4.69) is 5.32 Å². The molecule has 1 aliphatic carbocycles. The first kappa shape index (κ1) is 13.0. The average molecular weight is 226 g/mol. The van der Waals surface area contributed by atoms with E-state index in [1.807, 2.05) is 13.8 Å². The fraction of sp³-hybridized carbons (Fsp3) is 0.833. The van der Waals surface area contributed by atoms with Crippen LogP contribution in [0.2, 0.25) is 0 Å². The topological polar surface area (TPSA) is 72.2 Å². The fourth-order valence-corrected chi connectivity index (χ4v) is 2.21. The van der Waals surface area contributed by atoms with Crippen molar-refractivity contribution >= 4 is 11.8 Å². The van der Waals surface area contributed by atoms with E-state index in [1.165, 1.54) is 6.42 Å². The van der Waals surface area contributed by atoms with Gasteiger partial charge in [0.05, 0.1) is 0 Å². The van der Waals surface area contributed by atoms with Gasteiger partial charge in [-0.15, -0.1) is 0 Å². The standard InChI is InChI=1S/C12H22N2O2/c1-8(2)12(16)14-10(11(13)15)9-6-4-3-5-7-9/h8-10H,3-7H2,1-2H3,(H2,13,15)(H,14,16)/t10-/m0/s1. The number of primary amides is 1. The number of rotatable bonds is 4. The molecule has 1 saturated carbocycles. The van der Waals surface area contributed by atoms with Crippen molar-refractivity contribution in [3.63, 3.8) is 0 Å². The number of nitrogens with two attached hydrogens (primary N) is 1. The van der Waals surface area contributed by atoms with E-state index in [9.17, 15) is 9.59 Å². The smallest absolute Gasteiger partial charge is 0.240 e. The summed E-state index contributed by atoms with van der Waals surface area (Å²) >= 11 is 0. The first-order valence-corrected chi connectivity index (χ1v) is 6.12. The fourth-order valence-electron chi connectivity index (χ4n) is 2.21. The summed E-state index contributed by atoms with van der Waals surface area (Å²) in [6.45, 7) is 3.63. The SMILES string of the molecule is CC(C)C(=O)N[C@H](C(N)=O)C1CCCCC1. The third-order valence-electron chi connectivity index (χ3n) is 3.25. The number of hydrogen-bond acceptors (Lipinski definition) is 2. The molecule has 1 aliphatic rings. The summed E-state index contributed by atoms with van der Waals surface area (Å²) in [6.07, 6.45) is 5.47. The van der Waals surface area contributed by atoms with Crippen LogP contribution in [0.4, 0.5) is 0 Å². The zero-order valence-electron chi connectivity index (χ0n) is 10.2. The molecule has 92 valence electrons. The van der Waals surface area contributed by atoms with Crippen LogP contribution in [0.5, 0.6) is 0 Å². The number of carbonyl (C=O) groups is 2. The molecule has 0 aromatic carbocycles. The predicted octanol–water partition coefficient (Wildman–Crippen LogP) is 1.19. The zero-order chi connectivity index (χ0) is 12.1. The lowest BCUT2D eigenvalue weighted by Crippen LogP contribution is -2.50. The van der Waals surface area contributed by atoms with Crippen LogP contribution in [0, 0.1) is 11.8 Å². The summed E-state index contributed by atoms with van der Waals surface area (Å²) in [6, 6.07) is -0.477. The van der Waals surface area contributed by atoms with Gasteiger partial charge in [-0.2, -0.15) is 0 Å². The molecule has 2 amide bonds. The molecule has 0 aromatic rings. The first-order chi connectivity index (χ1) is 7.52. The van der Waals surface area contributed by atoms with Crippen molar-refractivity contribution < 1.29 is 9.59 Å². The highest BCUT2D eigenvalue weighted by Gasteiger charge is 2.29. The van der Waals surface area contributed by atoms with Crippen LogP contribution >= 0.6 is 0 Å². The summed E-state index contributed by atoms with van der Waals surface area (Å²) in [5.74, 6) is -0.366. The van der Waals surface area contributed by atoms with E-state index in [0.717, 1.165) is 25.7 Å². The largest absolute Gasteiger partial charge is 0.368 e. The minimum Gasteiger partial charge on any atom is -0.368 e. The van der Waals surface area contributed by atoms with Gasteiger partial charge in [0.2, 0.25) is 11.8 Å². The van der Waals surface area contributed by atoms with Crippen molar-refractivity contribution in [3.05, 3.63) is 0 Å². The Morgan fingerprint density at radius 1 is 1.19 bits per heavy atom. The van der Waals surface area contributed by atoms with Gasteiger partial charge in [-0.3, -0.25) is 9.59 Å². The first-order valence-electron chi connectivity index (χ1n) is 6.12. The Balaban J connectivity index is 2.59. The van der Waals surface area contributed by atoms with Gasteiger partial charge >= 0.3 is 0 Å². The quantitative estimate of drug-likeness (QED) is 0.756. The van der Waals surface area contributed by atoms with Gasteiger partial charge < -0.3 is 11.1 Å². The maximum absolute atomic E-state index is 11.6. The van der Waals surface area contributed by atoms with Crippen LogP contribution in [0.1, 0.15) is 46.0 Å². The number of nitrogens with one attached hydrogen (secondary N) is 1. The third kappa shape index (κ3) is 3.51. The van der Waals surface area contributed by atoms with Gasteiger partial charge in [-0.25, -0.2) is 0 Å². The average Bonchev–Trinajstić information content (AvgIpc) is 2.26. The molecular weight excluding hydrogens is 204 g/mol. The second-order valence-corrected chi connectivity index (χ2v) is 4.94.